The highest BCUT2D eigenvalue weighted by molar-refractivity contribution is 5.28. The van der Waals surface area contributed by atoms with Crippen LogP contribution in [0.4, 0.5) is 0 Å². The van der Waals surface area contributed by atoms with Crippen molar-refractivity contribution in [3.63, 3.8) is 0 Å². The quantitative estimate of drug-likeness (QED) is 0.409. The van der Waals surface area contributed by atoms with Gasteiger partial charge in [0.1, 0.15) is 0 Å². The van der Waals surface area contributed by atoms with Gasteiger partial charge < -0.3 is 0 Å². The molecule has 0 nitrogen and oxygen atoms in total. The largest absolute Gasteiger partial charge is 0.102 e. The molecule has 0 heteroatoms. The van der Waals surface area contributed by atoms with Crippen molar-refractivity contribution in [2.24, 2.45) is 0 Å². The molecule has 0 saturated carbocycles. The van der Waals surface area contributed by atoms with E-state index in [9.17, 15) is 0 Å². The van der Waals surface area contributed by atoms with Crippen LogP contribution >= 0.6 is 0 Å². The zero-order chi connectivity index (χ0) is 11.1. The van der Waals surface area contributed by atoms with Crippen molar-refractivity contribution in [2.45, 2.75) is 48.5 Å². The van der Waals surface area contributed by atoms with Gasteiger partial charge in [-0.05, 0) is 26.3 Å². The molecule has 0 radical (unpaired) electrons. The van der Waals surface area contributed by atoms with Crippen LogP contribution in [0.3, 0.4) is 0 Å². The van der Waals surface area contributed by atoms with Gasteiger partial charge in [0.25, 0.3) is 0 Å². The van der Waals surface area contributed by atoms with Gasteiger partial charge in [0.2, 0.25) is 0 Å². The Kier molecular flexibility index (Phi) is 31.0. The van der Waals surface area contributed by atoms with Crippen molar-refractivity contribution in [1.29, 1.82) is 0 Å². The van der Waals surface area contributed by atoms with E-state index in [4.69, 9.17) is 0 Å². The molecule has 0 aliphatic carbocycles. The van der Waals surface area contributed by atoms with Gasteiger partial charge in [0.05, 0.1) is 0 Å². The Bertz CT molecular complexity index is 172. The number of rotatable bonds is 1. The topological polar surface area (TPSA) is 0 Å². The maximum absolute atomic E-state index is 2.94. The average Bonchev–Trinajstić information content (AvgIpc) is 2.21. The summed E-state index contributed by atoms with van der Waals surface area (Å²) >= 11 is 0. The van der Waals surface area contributed by atoms with Crippen molar-refractivity contribution in [3.05, 3.63) is 23.8 Å². The van der Waals surface area contributed by atoms with Crippen molar-refractivity contribution in [2.75, 3.05) is 0 Å². The Morgan fingerprint density at radius 1 is 1.08 bits per heavy atom. The minimum absolute atomic E-state index is 1.11. The Morgan fingerprint density at radius 3 is 1.85 bits per heavy atom. The van der Waals surface area contributed by atoms with E-state index in [0.29, 0.717) is 0 Å². The number of hydrogen-bond acceptors (Lipinski definition) is 0. The maximum Gasteiger partial charge on any atom is -0.00110 e. The molecule has 0 rings (SSSR count). The summed E-state index contributed by atoms with van der Waals surface area (Å²) in [6.45, 7) is 13.8. The highest BCUT2D eigenvalue weighted by Crippen LogP contribution is 1.88. The van der Waals surface area contributed by atoms with E-state index in [1.54, 1.807) is 0 Å². The molecule has 0 bridgehead atoms. The first kappa shape index (κ1) is 18.0. The molecule has 0 aromatic rings. The first-order valence-corrected chi connectivity index (χ1v) is 5.03. The van der Waals surface area contributed by atoms with Crippen LogP contribution in [0.15, 0.2) is 23.8 Å². The van der Waals surface area contributed by atoms with Crippen molar-refractivity contribution in [3.8, 4) is 11.8 Å². The van der Waals surface area contributed by atoms with Crippen LogP contribution in [0.2, 0.25) is 0 Å². The minimum Gasteiger partial charge on any atom is -0.102 e. The van der Waals surface area contributed by atoms with Crippen LogP contribution < -0.4 is 0 Å². The fourth-order valence-corrected chi connectivity index (χ4v) is 0.479. The molecule has 76 valence electrons. The third-order valence-electron chi connectivity index (χ3n) is 0.861. The zero-order valence-electron chi connectivity index (χ0n) is 10.2. The lowest BCUT2D eigenvalue weighted by atomic mass is 10.3. The van der Waals surface area contributed by atoms with Crippen LogP contribution in [-0.2, 0) is 0 Å². The second-order valence-corrected chi connectivity index (χ2v) is 1.75. The molecular formula is C13H24. The normalized spacial score (nSPS) is 8.69. The lowest BCUT2D eigenvalue weighted by molar-refractivity contribution is 1.50. The molecule has 13 heavy (non-hydrogen) atoms. The van der Waals surface area contributed by atoms with Gasteiger partial charge in [-0.3, -0.25) is 0 Å². The second-order valence-electron chi connectivity index (χ2n) is 1.75. The molecule has 0 unspecified atom stereocenters. The summed E-state index contributed by atoms with van der Waals surface area (Å²) in [5, 5.41) is 0. The Labute approximate surface area is 84.8 Å². The molecule has 0 N–H and O–H groups in total. The summed E-state index contributed by atoms with van der Waals surface area (Å²) in [5.74, 6) is 5.76. The fraction of sp³-hybridized carbons (Fsp3) is 0.538. The molecule has 0 spiro atoms. The minimum atomic E-state index is 1.11. The molecule has 0 aromatic carbocycles. The van der Waals surface area contributed by atoms with E-state index in [1.807, 2.05) is 66.7 Å². The van der Waals surface area contributed by atoms with Crippen LogP contribution in [0.1, 0.15) is 48.5 Å². The molecule has 0 atom stereocenters. The maximum atomic E-state index is 2.94. The van der Waals surface area contributed by atoms with Gasteiger partial charge in [-0.15, -0.1) is 5.92 Å². The SMILES string of the molecule is CC.CC.CC#C/C(C)=C/C=C\C. The van der Waals surface area contributed by atoms with Gasteiger partial charge in [-0.2, -0.15) is 0 Å². The van der Waals surface area contributed by atoms with E-state index < -0.39 is 0 Å². The molecular weight excluding hydrogens is 156 g/mol. The summed E-state index contributed by atoms with van der Waals surface area (Å²) in [6.07, 6.45) is 5.97. The van der Waals surface area contributed by atoms with E-state index in [2.05, 4.69) is 11.8 Å². The second kappa shape index (κ2) is 22.5. The molecule has 0 aliphatic heterocycles. The van der Waals surface area contributed by atoms with Crippen LogP contribution in [0.5, 0.6) is 0 Å². The highest BCUT2D eigenvalue weighted by atomic mass is 13.8. The summed E-state index contributed by atoms with van der Waals surface area (Å²) in [5.41, 5.74) is 1.11. The van der Waals surface area contributed by atoms with Crippen molar-refractivity contribution in [1.82, 2.24) is 0 Å². The smallest absolute Gasteiger partial charge is 0.00110 e. The summed E-state index contributed by atoms with van der Waals surface area (Å²) in [6, 6.07) is 0. The van der Waals surface area contributed by atoms with E-state index >= 15 is 0 Å². The Morgan fingerprint density at radius 2 is 1.54 bits per heavy atom. The van der Waals surface area contributed by atoms with Gasteiger partial charge >= 0.3 is 0 Å². The zero-order valence-corrected chi connectivity index (χ0v) is 10.2. The van der Waals surface area contributed by atoms with E-state index in [0.717, 1.165) is 5.57 Å². The van der Waals surface area contributed by atoms with E-state index in [-0.39, 0.29) is 0 Å². The molecule has 0 fully saturated rings. The third kappa shape index (κ3) is 24.7. The molecule has 0 aromatic heterocycles. The van der Waals surface area contributed by atoms with Gasteiger partial charge in [0, 0.05) is 0 Å². The fourth-order valence-electron chi connectivity index (χ4n) is 0.479. The number of hydrogen-bond donors (Lipinski definition) is 0. The Hall–Kier alpha value is -0.960. The predicted molar refractivity (Wildman–Crippen MR) is 64.7 cm³/mol. The van der Waals surface area contributed by atoms with Gasteiger partial charge in [-0.25, -0.2) is 0 Å². The molecule has 0 amide bonds. The summed E-state index contributed by atoms with van der Waals surface area (Å²) in [7, 11) is 0. The standard InChI is InChI=1S/C9H12.2C2H6/c1-4-6-8-9(3)7-5-2;2*1-2/h4,6,8H,1-3H3;2*1-2H3/b6-4-,9-8+;;. The lowest BCUT2D eigenvalue weighted by Crippen LogP contribution is -1.63. The summed E-state index contributed by atoms with van der Waals surface area (Å²) < 4.78 is 0. The number of allylic oxidation sites excluding steroid dienone is 4. The first-order chi connectivity index (χ1) is 6.31. The van der Waals surface area contributed by atoms with Crippen LogP contribution in [0.25, 0.3) is 0 Å². The van der Waals surface area contributed by atoms with Crippen molar-refractivity contribution >= 4 is 0 Å². The highest BCUT2D eigenvalue weighted by Gasteiger charge is 1.72. The van der Waals surface area contributed by atoms with Gasteiger partial charge in [0.15, 0.2) is 0 Å². The Balaban J connectivity index is -0.000000218. The third-order valence-corrected chi connectivity index (χ3v) is 0.861. The molecule has 0 saturated heterocycles. The average molecular weight is 180 g/mol. The lowest BCUT2D eigenvalue weighted by Gasteiger charge is -1.79. The molecule has 0 heterocycles. The summed E-state index contributed by atoms with van der Waals surface area (Å²) in [4.78, 5) is 0. The monoisotopic (exact) mass is 180 g/mol. The van der Waals surface area contributed by atoms with Crippen LogP contribution in [0, 0.1) is 11.8 Å². The van der Waals surface area contributed by atoms with Gasteiger partial charge in [-0.1, -0.05) is 51.8 Å². The van der Waals surface area contributed by atoms with Crippen LogP contribution in [-0.4, -0.2) is 0 Å². The molecule has 0 aliphatic rings. The van der Waals surface area contributed by atoms with E-state index in [1.165, 1.54) is 0 Å². The predicted octanol–water partition coefficient (Wildman–Crippen LogP) is 4.58. The first-order valence-electron chi connectivity index (χ1n) is 5.03. The van der Waals surface area contributed by atoms with Crippen molar-refractivity contribution < 1.29 is 0 Å².